The highest BCUT2D eigenvalue weighted by atomic mass is 14.9. The van der Waals surface area contributed by atoms with Crippen molar-refractivity contribution in [2.24, 2.45) is 11.3 Å². The van der Waals surface area contributed by atoms with Crippen LogP contribution in [0.3, 0.4) is 0 Å². The summed E-state index contributed by atoms with van der Waals surface area (Å²) in [6, 6.07) is 9.35. The average molecular weight is 231 g/mol. The van der Waals surface area contributed by atoms with Gasteiger partial charge in [0.05, 0.1) is 0 Å². The van der Waals surface area contributed by atoms with E-state index in [1.807, 2.05) is 0 Å². The number of nitrogens with one attached hydrogen (secondary N) is 1. The first kappa shape index (κ1) is 12.5. The Morgan fingerprint density at radius 3 is 2.53 bits per heavy atom. The minimum atomic E-state index is 0.498. The van der Waals surface area contributed by atoms with Gasteiger partial charge in [-0.15, -0.1) is 0 Å². The van der Waals surface area contributed by atoms with Gasteiger partial charge in [-0.3, -0.25) is 0 Å². The van der Waals surface area contributed by atoms with Crippen molar-refractivity contribution in [2.75, 3.05) is 5.32 Å². The molecule has 94 valence electrons. The quantitative estimate of drug-likeness (QED) is 0.808. The van der Waals surface area contributed by atoms with Crippen molar-refractivity contribution in [2.45, 2.75) is 53.0 Å². The second-order valence-corrected chi connectivity index (χ2v) is 6.31. The Kier molecular flexibility index (Phi) is 3.46. The molecule has 1 aliphatic rings. The zero-order valence-electron chi connectivity index (χ0n) is 11.6. The Labute approximate surface area is 106 Å². The van der Waals surface area contributed by atoms with Crippen molar-refractivity contribution < 1.29 is 0 Å². The number of benzene rings is 1. The van der Waals surface area contributed by atoms with E-state index in [1.54, 1.807) is 0 Å². The molecular formula is C16H25N. The van der Waals surface area contributed by atoms with Crippen molar-refractivity contribution in [3.05, 3.63) is 29.8 Å². The molecule has 0 spiro atoms. The molecule has 2 rings (SSSR count). The second kappa shape index (κ2) is 4.72. The lowest BCUT2D eigenvalue weighted by molar-refractivity contribution is 0.366. The summed E-state index contributed by atoms with van der Waals surface area (Å²) in [5.41, 5.74) is 3.27. The topological polar surface area (TPSA) is 12.0 Å². The standard InChI is InChI=1S/C16H25N/c1-5-13-8-6-7-9-14(13)17-15-11-16(3,4)10-12(15)2/h6-9,12,15,17H,5,10-11H2,1-4H3. The molecule has 1 N–H and O–H groups in total. The van der Waals surface area contributed by atoms with Crippen LogP contribution < -0.4 is 5.32 Å². The van der Waals surface area contributed by atoms with Crippen LogP contribution in [0.25, 0.3) is 0 Å². The first-order chi connectivity index (χ1) is 8.02. The molecular weight excluding hydrogens is 206 g/mol. The molecule has 2 atom stereocenters. The minimum Gasteiger partial charge on any atom is -0.382 e. The van der Waals surface area contributed by atoms with E-state index in [9.17, 15) is 0 Å². The van der Waals surface area contributed by atoms with Gasteiger partial charge in [0, 0.05) is 11.7 Å². The molecule has 0 radical (unpaired) electrons. The van der Waals surface area contributed by atoms with Crippen molar-refractivity contribution in [3.63, 3.8) is 0 Å². The third kappa shape index (κ3) is 2.83. The monoisotopic (exact) mass is 231 g/mol. The summed E-state index contributed by atoms with van der Waals surface area (Å²) in [6.07, 6.45) is 3.72. The number of rotatable bonds is 3. The fourth-order valence-corrected chi connectivity index (χ4v) is 3.26. The molecule has 17 heavy (non-hydrogen) atoms. The van der Waals surface area contributed by atoms with E-state index in [-0.39, 0.29) is 0 Å². The van der Waals surface area contributed by atoms with Crippen LogP contribution in [0.15, 0.2) is 24.3 Å². The Morgan fingerprint density at radius 1 is 1.24 bits per heavy atom. The Morgan fingerprint density at radius 2 is 1.94 bits per heavy atom. The lowest BCUT2D eigenvalue weighted by Gasteiger charge is -2.21. The molecule has 0 heterocycles. The van der Waals surface area contributed by atoms with Gasteiger partial charge in [0.1, 0.15) is 0 Å². The van der Waals surface area contributed by atoms with Crippen LogP contribution in [0.4, 0.5) is 5.69 Å². The molecule has 0 bridgehead atoms. The summed E-state index contributed by atoms with van der Waals surface area (Å²) < 4.78 is 0. The molecule has 1 nitrogen and oxygen atoms in total. The predicted octanol–water partition coefficient (Wildman–Crippen LogP) is 4.49. The van der Waals surface area contributed by atoms with E-state index in [1.165, 1.54) is 24.1 Å². The summed E-state index contributed by atoms with van der Waals surface area (Å²) in [5, 5.41) is 3.77. The van der Waals surface area contributed by atoms with E-state index >= 15 is 0 Å². The Hall–Kier alpha value is -0.980. The number of anilines is 1. The largest absolute Gasteiger partial charge is 0.382 e. The molecule has 1 aromatic carbocycles. The second-order valence-electron chi connectivity index (χ2n) is 6.31. The maximum absolute atomic E-state index is 3.77. The van der Waals surface area contributed by atoms with E-state index in [0.717, 1.165) is 12.3 Å². The summed E-state index contributed by atoms with van der Waals surface area (Å²) in [6.45, 7) is 9.37. The first-order valence-corrected chi connectivity index (χ1v) is 6.86. The van der Waals surface area contributed by atoms with Gasteiger partial charge in [0.2, 0.25) is 0 Å². The highest BCUT2D eigenvalue weighted by molar-refractivity contribution is 5.52. The van der Waals surface area contributed by atoms with Gasteiger partial charge >= 0.3 is 0 Å². The molecule has 2 unspecified atom stereocenters. The van der Waals surface area contributed by atoms with Crippen molar-refractivity contribution >= 4 is 5.69 Å². The van der Waals surface area contributed by atoms with E-state index in [0.29, 0.717) is 11.5 Å². The smallest absolute Gasteiger partial charge is 0.0374 e. The number of para-hydroxylation sites is 1. The zero-order valence-corrected chi connectivity index (χ0v) is 11.6. The number of hydrogen-bond donors (Lipinski definition) is 1. The lowest BCUT2D eigenvalue weighted by atomic mass is 9.91. The average Bonchev–Trinajstić information content (AvgIpc) is 2.52. The normalized spacial score (nSPS) is 27.1. The maximum Gasteiger partial charge on any atom is 0.0374 e. The molecule has 0 saturated heterocycles. The molecule has 0 aromatic heterocycles. The number of aryl methyl sites for hydroxylation is 1. The lowest BCUT2D eigenvalue weighted by Crippen LogP contribution is -2.23. The van der Waals surface area contributed by atoms with Crippen molar-refractivity contribution in [1.82, 2.24) is 0 Å². The van der Waals surface area contributed by atoms with E-state index in [4.69, 9.17) is 0 Å². The summed E-state index contributed by atoms with van der Waals surface area (Å²) in [4.78, 5) is 0. The van der Waals surface area contributed by atoms with Crippen molar-refractivity contribution in [1.29, 1.82) is 0 Å². The Balaban J connectivity index is 2.11. The summed E-state index contributed by atoms with van der Waals surface area (Å²) in [5.74, 6) is 0.773. The summed E-state index contributed by atoms with van der Waals surface area (Å²) in [7, 11) is 0. The van der Waals surface area contributed by atoms with Gasteiger partial charge in [-0.05, 0) is 42.2 Å². The molecule has 1 aromatic rings. The van der Waals surface area contributed by atoms with Crippen LogP contribution in [-0.2, 0) is 6.42 Å². The third-order valence-electron chi connectivity index (χ3n) is 4.07. The highest BCUT2D eigenvalue weighted by Crippen LogP contribution is 2.42. The molecule has 0 amide bonds. The third-order valence-corrected chi connectivity index (χ3v) is 4.07. The molecule has 1 aliphatic carbocycles. The fraction of sp³-hybridized carbons (Fsp3) is 0.625. The molecule has 1 fully saturated rings. The van der Waals surface area contributed by atoms with Gasteiger partial charge in [0.25, 0.3) is 0 Å². The number of hydrogen-bond acceptors (Lipinski definition) is 1. The van der Waals surface area contributed by atoms with Gasteiger partial charge in [0.15, 0.2) is 0 Å². The fourth-order valence-electron chi connectivity index (χ4n) is 3.26. The van der Waals surface area contributed by atoms with Gasteiger partial charge in [-0.2, -0.15) is 0 Å². The van der Waals surface area contributed by atoms with Crippen LogP contribution >= 0.6 is 0 Å². The minimum absolute atomic E-state index is 0.498. The van der Waals surface area contributed by atoms with Gasteiger partial charge in [-0.1, -0.05) is 45.9 Å². The van der Waals surface area contributed by atoms with Crippen LogP contribution in [-0.4, -0.2) is 6.04 Å². The van der Waals surface area contributed by atoms with Crippen LogP contribution in [0.2, 0.25) is 0 Å². The predicted molar refractivity (Wildman–Crippen MR) is 75.4 cm³/mol. The van der Waals surface area contributed by atoms with E-state index in [2.05, 4.69) is 57.3 Å². The van der Waals surface area contributed by atoms with Gasteiger partial charge in [-0.25, -0.2) is 0 Å². The molecule has 1 saturated carbocycles. The van der Waals surface area contributed by atoms with Crippen LogP contribution in [0, 0.1) is 11.3 Å². The van der Waals surface area contributed by atoms with Crippen LogP contribution in [0.5, 0.6) is 0 Å². The van der Waals surface area contributed by atoms with Crippen molar-refractivity contribution in [3.8, 4) is 0 Å². The highest BCUT2D eigenvalue weighted by Gasteiger charge is 2.36. The summed E-state index contributed by atoms with van der Waals surface area (Å²) >= 11 is 0. The van der Waals surface area contributed by atoms with Crippen LogP contribution in [0.1, 0.15) is 46.1 Å². The maximum atomic E-state index is 3.77. The Bertz CT molecular complexity index is 381. The van der Waals surface area contributed by atoms with E-state index < -0.39 is 0 Å². The van der Waals surface area contributed by atoms with Gasteiger partial charge < -0.3 is 5.32 Å². The zero-order chi connectivity index (χ0) is 12.5. The first-order valence-electron chi connectivity index (χ1n) is 6.86. The molecule has 1 heteroatoms. The molecule has 0 aliphatic heterocycles. The SMILES string of the molecule is CCc1ccccc1NC1CC(C)(C)CC1C.